The number of aliphatic hydroxyl groups excluding tert-OH is 1. The summed E-state index contributed by atoms with van der Waals surface area (Å²) in [7, 11) is 0. The molecule has 5 heterocycles. The van der Waals surface area contributed by atoms with Gasteiger partial charge < -0.3 is 15.3 Å². The van der Waals surface area contributed by atoms with Gasteiger partial charge in [0, 0.05) is 66.4 Å². The Balaban J connectivity index is 1.09. The molecule has 1 aliphatic heterocycles. The number of halogens is 1. The van der Waals surface area contributed by atoms with Crippen molar-refractivity contribution in [2.75, 3.05) is 16.8 Å². The molecule has 188 valence electrons. The molecule has 1 amide bonds. The van der Waals surface area contributed by atoms with Gasteiger partial charge in [-0.05, 0) is 42.9 Å². The summed E-state index contributed by atoms with van der Waals surface area (Å²) >= 11 is 6.08. The lowest BCUT2D eigenvalue weighted by Gasteiger charge is -2.24. The largest absolute Gasteiger partial charge is 0.391 e. The summed E-state index contributed by atoms with van der Waals surface area (Å²) in [5, 5.41) is 14.1. The molecule has 1 saturated heterocycles. The van der Waals surface area contributed by atoms with E-state index in [0.717, 1.165) is 17.8 Å². The molecular formula is C26H25ClN8O2. The van der Waals surface area contributed by atoms with Crippen LogP contribution in [0.25, 0.3) is 5.78 Å². The fourth-order valence-electron chi connectivity index (χ4n) is 5.28. The van der Waals surface area contributed by atoms with Gasteiger partial charge in [-0.2, -0.15) is 0 Å². The van der Waals surface area contributed by atoms with E-state index in [1.807, 2.05) is 27.8 Å². The molecule has 0 radical (unpaired) electrons. The van der Waals surface area contributed by atoms with Gasteiger partial charge in [0.05, 0.1) is 17.8 Å². The second-order valence-corrected chi connectivity index (χ2v) is 10.6. The van der Waals surface area contributed by atoms with Crippen LogP contribution in [0, 0.1) is 5.92 Å². The number of nitrogens with one attached hydrogen (secondary N) is 1. The van der Waals surface area contributed by atoms with E-state index >= 15 is 0 Å². The summed E-state index contributed by atoms with van der Waals surface area (Å²) in [5.41, 5.74) is 2.90. The summed E-state index contributed by atoms with van der Waals surface area (Å²) < 4.78 is 1.97. The van der Waals surface area contributed by atoms with Crippen molar-refractivity contribution in [1.29, 1.82) is 0 Å². The minimum absolute atomic E-state index is 0.0576. The maximum absolute atomic E-state index is 12.9. The van der Waals surface area contributed by atoms with E-state index in [0.29, 0.717) is 41.3 Å². The van der Waals surface area contributed by atoms with Crippen LogP contribution in [-0.4, -0.2) is 53.0 Å². The zero-order valence-electron chi connectivity index (χ0n) is 19.9. The van der Waals surface area contributed by atoms with Crippen molar-refractivity contribution in [2.45, 2.75) is 49.7 Å². The number of pyridine rings is 1. The Morgan fingerprint density at radius 1 is 1.08 bits per heavy atom. The summed E-state index contributed by atoms with van der Waals surface area (Å²) in [6.45, 7) is 0.412. The van der Waals surface area contributed by atoms with Crippen molar-refractivity contribution < 1.29 is 9.90 Å². The molecule has 7 rings (SSSR count). The standard InChI is InChI=1S/C26H25ClN8O2/c27-16-3-4-28-20(5-16)18-7-19(18)25(37)33-23-8-24(31-13-30-23)35-11-17(36)6-22(35)21-12-34-10-15(14-1-2-14)9-29-26(34)32-21/h3-5,8-10,12-14,17-19,22,36H,1-2,6-7,11H2,(H,30,31,33,37)/t17-,18?,19-,22+/m0/s1. The average Bonchev–Trinajstić information content (AvgIpc) is 3.81. The number of carbonyl (C=O) groups is 1. The summed E-state index contributed by atoms with van der Waals surface area (Å²) in [6.07, 6.45) is 12.3. The van der Waals surface area contributed by atoms with Crippen molar-refractivity contribution in [1.82, 2.24) is 29.3 Å². The minimum atomic E-state index is -0.518. The average molecular weight is 517 g/mol. The molecule has 0 bridgehead atoms. The van der Waals surface area contributed by atoms with Crippen molar-refractivity contribution >= 4 is 34.9 Å². The fourth-order valence-corrected chi connectivity index (χ4v) is 5.45. The van der Waals surface area contributed by atoms with Crippen molar-refractivity contribution in [3.8, 4) is 0 Å². The van der Waals surface area contributed by atoms with E-state index in [-0.39, 0.29) is 23.8 Å². The zero-order chi connectivity index (χ0) is 25.1. The molecule has 37 heavy (non-hydrogen) atoms. The van der Waals surface area contributed by atoms with Crippen molar-refractivity contribution in [2.24, 2.45) is 5.92 Å². The number of β-amino-alcohol motifs (C(OH)–C–C–N with tert-alkyl or cyclic N) is 1. The van der Waals surface area contributed by atoms with Crippen LogP contribution in [0.15, 0.2) is 49.3 Å². The predicted octanol–water partition coefficient (Wildman–Crippen LogP) is 3.50. The van der Waals surface area contributed by atoms with E-state index in [1.54, 1.807) is 18.3 Å². The van der Waals surface area contributed by atoms with Crippen LogP contribution in [0.2, 0.25) is 5.02 Å². The van der Waals surface area contributed by atoms with Gasteiger partial charge in [-0.1, -0.05) is 11.6 Å². The molecular weight excluding hydrogens is 492 g/mol. The van der Waals surface area contributed by atoms with Gasteiger partial charge in [0.2, 0.25) is 11.7 Å². The number of aromatic nitrogens is 6. The molecule has 1 unspecified atom stereocenters. The van der Waals surface area contributed by atoms with Crippen LogP contribution in [0.3, 0.4) is 0 Å². The number of amides is 1. The van der Waals surface area contributed by atoms with E-state index in [9.17, 15) is 9.90 Å². The Hall–Kier alpha value is -3.63. The van der Waals surface area contributed by atoms with Crippen LogP contribution in [0.1, 0.15) is 60.5 Å². The third-order valence-corrected chi connectivity index (χ3v) is 7.70. The molecule has 0 spiro atoms. The molecule has 4 aromatic rings. The first-order valence-corrected chi connectivity index (χ1v) is 12.9. The molecule has 0 aromatic carbocycles. The Labute approximate surface area is 217 Å². The number of carbonyl (C=O) groups excluding carboxylic acids is 1. The summed E-state index contributed by atoms with van der Waals surface area (Å²) in [6, 6.07) is 5.11. The Morgan fingerprint density at radius 3 is 2.81 bits per heavy atom. The van der Waals surface area contributed by atoms with Gasteiger partial charge in [0.1, 0.15) is 18.0 Å². The number of fused-ring (bicyclic) bond motifs is 1. The molecule has 3 fully saturated rings. The number of nitrogens with zero attached hydrogens (tertiary/aromatic N) is 7. The Kier molecular flexibility index (Phi) is 5.33. The van der Waals surface area contributed by atoms with Crippen LogP contribution < -0.4 is 10.2 Å². The SMILES string of the molecule is O=C(Nc1cc(N2C[C@@H](O)C[C@@H]2c2cn3cc(C4CC4)cnc3n2)ncn1)[C@H]1CC1c1cc(Cl)ccn1. The molecule has 4 aromatic heterocycles. The first-order valence-electron chi connectivity index (χ1n) is 12.6. The first kappa shape index (κ1) is 22.6. The van der Waals surface area contributed by atoms with E-state index in [2.05, 4.69) is 31.4 Å². The van der Waals surface area contributed by atoms with Gasteiger partial charge in [-0.15, -0.1) is 0 Å². The second kappa shape index (κ2) is 8.74. The van der Waals surface area contributed by atoms with Gasteiger partial charge >= 0.3 is 0 Å². The monoisotopic (exact) mass is 516 g/mol. The third-order valence-electron chi connectivity index (χ3n) is 7.47. The molecule has 2 N–H and O–H groups in total. The highest BCUT2D eigenvalue weighted by molar-refractivity contribution is 6.30. The quantitative estimate of drug-likeness (QED) is 0.399. The first-order chi connectivity index (χ1) is 18.0. The molecule has 4 atom stereocenters. The molecule has 2 aliphatic carbocycles. The molecule has 3 aliphatic rings. The smallest absolute Gasteiger partial charge is 0.234 e. The lowest BCUT2D eigenvalue weighted by molar-refractivity contribution is -0.117. The van der Waals surface area contributed by atoms with Gasteiger partial charge in [0.25, 0.3) is 0 Å². The topological polar surface area (TPSA) is 121 Å². The normalized spacial score (nSPS) is 25.0. The second-order valence-electron chi connectivity index (χ2n) is 10.2. The third kappa shape index (κ3) is 4.40. The Bertz CT molecular complexity index is 1500. The van der Waals surface area contributed by atoms with Crippen LogP contribution in [0.4, 0.5) is 11.6 Å². The summed E-state index contributed by atoms with van der Waals surface area (Å²) in [4.78, 5) is 37.2. The van der Waals surface area contributed by atoms with Crippen LogP contribution in [-0.2, 0) is 4.79 Å². The highest BCUT2D eigenvalue weighted by Crippen LogP contribution is 2.47. The Morgan fingerprint density at radius 2 is 1.97 bits per heavy atom. The molecule has 11 heteroatoms. The molecule has 10 nitrogen and oxygen atoms in total. The van der Waals surface area contributed by atoms with Gasteiger partial charge in [0.15, 0.2) is 0 Å². The lowest BCUT2D eigenvalue weighted by atomic mass is 10.1. The number of aliphatic hydroxyl groups is 1. The molecule has 2 saturated carbocycles. The fraction of sp³-hybridized carbons (Fsp3) is 0.385. The number of hydrogen-bond donors (Lipinski definition) is 2. The van der Waals surface area contributed by atoms with Gasteiger partial charge in [-0.3, -0.25) is 14.2 Å². The number of hydrogen-bond acceptors (Lipinski definition) is 8. The van der Waals surface area contributed by atoms with E-state index in [1.165, 1.54) is 24.7 Å². The predicted molar refractivity (Wildman–Crippen MR) is 136 cm³/mol. The van der Waals surface area contributed by atoms with E-state index in [4.69, 9.17) is 16.6 Å². The van der Waals surface area contributed by atoms with Crippen LogP contribution in [0.5, 0.6) is 0 Å². The van der Waals surface area contributed by atoms with Crippen molar-refractivity contribution in [3.05, 3.63) is 71.3 Å². The van der Waals surface area contributed by atoms with Gasteiger partial charge in [-0.25, -0.2) is 19.9 Å². The summed E-state index contributed by atoms with van der Waals surface area (Å²) in [5.74, 6) is 2.08. The minimum Gasteiger partial charge on any atom is -0.391 e. The number of anilines is 2. The zero-order valence-corrected chi connectivity index (χ0v) is 20.7. The maximum atomic E-state index is 12.9. The van der Waals surface area contributed by atoms with Crippen molar-refractivity contribution in [3.63, 3.8) is 0 Å². The van der Waals surface area contributed by atoms with E-state index < -0.39 is 6.10 Å². The number of rotatable bonds is 6. The highest BCUT2D eigenvalue weighted by Gasteiger charge is 2.45. The van der Waals surface area contributed by atoms with Crippen LogP contribution >= 0.6 is 11.6 Å². The maximum Gasteiger partial charge on any atom is 0.234 e. The highest BCUT2D eigenvalue weighted by atomic mass is 35.5. The lowest BCUT2D eigenvalue weighted by Crippen LogP contribution is -2.26. The number of imidazole rings is 1.